The molecule has 0 saturated carbocycles. The van der Waals surface area contributed by atoms with Gasteiger partial charge in [-0.15, -0.1) is 0 Å². The van der Waals surface area contributed by atoms with E-state index in [-0.39, 0.29) is 0 Å². The molecule has 0 aromatic rings. The molecule has 1 heterocycles. The smallest absolute Gasteiger partial charge is 0.0483 e. The van der Waals surface area contributed by atoms with Crippen molar-refractivity contribution in [1.29, 1.82) is 0 Å². The highest BCUT2D eigenvalue weighted by Crippen LogP contribution is 2.27. The van der Waals surface area contributed by atoms with Crippen LogP contribution in [-0.4, -0.2) is 36.7 Å². The largest absolute Gasteiger partial charge is 0.381 e. The summed E-state index contributed by atoms with van der Waals surface area (Å²) in [4.78, 5) is 2.66. The SMILES string of the molecule is CCCN(CCC)C1(C)CCOCC1. The molecule has 1 rings (SSSR count). The van der Waals surface area contributed by atoms with Crippen LogP contribution in [-0.2, 0) is 4.74 Å². The Balaban J connectivity index is 2.53. The molecule has 0 radical (unpaired) electrons. The van der Waals surface area contributed by atoms with Gasteiger partial charge in [0, 0.05) is 18.8 Å². The molecule has 84 valence electrons. The van der Waals surface area contributed by atoms with Crippen molar-refractivity contribution in [3.8, 4) is 0 Å². The van der Waals surface area contributed by atoms with E-state index in [1.54, 1.807) is 0 Å². The van der Waals surface area contributed by atoms with E-state index in [4.69, 9.17) is 4.74 Å². The molecule has 0 aromatic heterocycles. The third-order valence-electron chi connectivity index (χ3n) is 3.32. The quantitative estimate of drug-likeness (QED) is 0.675. The average Bonchev–Trinajstić information content (AvgIpc) is 2.19. The minimum absolute atomic E-state index is 0.407. The van der Waals surface area contributed by atoms with Gasteiger partial charge in [-0.3, -0.25) is 4.90 Å². The highest BCUT2D eigenvalue weighted by Gasteiger charge is 2.32. The molecule has 0 unspecified atom stereocenters. The summed E-state index contributed by atoms with van der Waals surface area (Å²) >= 11 is 0. The topological polar surface area (TPSA) is 12.5 Å². The molecular weight excluding hydrogens is 174 g/mol. The fraction of sp³-hybridized carbons (Fsp3) is 1.00. The number of hydrogen-bond donors (Lipinski definition) is 0. The van der Waals surface area contributed by atoms with Crippen molar-refractivity contribution in [3.05, 3.63) is 0 Å². The van der Waals surface area contributed by atoms with E-state index in [0.29, 0.717) is 5.54 Å². The molecule has 0 amide bonds. The Morgan fingerprint density at radius 3 is 2.00 bits per heavy atom. The van der Waals surface area contributed by atoms with Crippen LogP contribution in [0, 0.1) is 0 Å². The predicted molar refractivity (Wildman–Crippen MR) is 60.6 cm³/mol. The first-order valence-electron chi connectivity index (χ1n) is 6.05. The first-order valence-corrected chi connectivity index (χ1v) is 6.05. The van der Waals surface area contributed by atoms with Gasteiger partial charge in [0.1, 0.15) is 0 Å². The van der Waals surface area contributed by atoms with Gasteiger partial charge in [0.15, 0.2) is 0 Å². The summed E-state index contributed by atoms with van der Waals surface area (Å²) in [5, 5.41) is 0. The summed E-state index contributed by atoms with van der Waals surface area (Å²) < 4.78 is 5.44. The molecule has 0 atom stereocenters. The second-order valence-electron chi connectivity index (χ2n) is 4.60. The lowest BCUT2D eigenvalue weighted by Crippen LogP contribution is -2.50. The Hall–Kier alpha value is -0.0800. The Bertz CT molecular complexity index is 146. The van der Waals surface area contributed by atoms with E-state index < -0.39 is 0 Å². The summed E-state index contributed by atoms with van der Waals surface area (Å²) in [6.45, 7) is 11.3. The van der Waals surface area contributed by atoms with Gasteiger partial charge in [-0.1, -0.05) is 13.8 Å². The monoisotopic (exact) mass is 199 g/mol. The van der Waals surface area contributed by atoms with Crippen LogP contribution in [0.3, 0.4) is 0 Å². The molecule has 0 aromatic carbocycles. The molecule has 0 spiro atoms. The molecule has 2 heteroatoms. The third-order valence-corrected chi connectivity index (χ3v) is 3.32. The van der Waals surface area contributed by atoms with Crippen LogP contribution in [0.4, 0.5) is 0 Å². The van der Waals surface area contributed by atoms with E-state index in [1.165, 1.54) is 38.8 Å². The summed E-state index contributed by atoms with van der Waals surface area (Å²) in [6.07, 6.45) is 4.92. The van der Waals surface area contributed by atoms with Gasteiger partial charge in [-0.2, -0.15) is 0 Å². The van der Waals surface area contributed by atoms with Crippen LogP contribution in [0.5, 0.6) is 0 Å². The maximum atomic E-state index is 5.44. The van der Waals surface area contributed by atoms with Crippen LogP contribution in [0.15, 0.2) is 0 Å². The fourth-order valence-corrected chi connectivity index (χ4v) is 2.32. The van der Waals surface area contributed by atoms with Gasteiger partial charge >= 0.3 is 0 Å². The van der Waals surface area contributed by atoms with Gasteiger partial charge in [0.05, 0.1) is 0 Å². The summed E-state index contributed by atoms with van der Waals surface area (Å²) in [7, 11) is 0. The Labute approximate surface area is 88.6 Å². The molecule has 1 fully saturated rings. The van der Waals surface area contributed by atoms with Crippen LogP contribution in [0.2, 0.25) is 0 Å². The lowest BCUT2D eigenvalue weighted by atomic mass is 9.90. The minimum atomic E-state index is 0.407. The first-order chi connectivity index (χ1) is 6.73. The number of hydrogen-bond acceptors (Lipinski definition) is 2. The van der Waals surface area contributed by atoms with Crippen molar-refractivity contribution in [2.24, 2.45) is 0 Å². The van der Waals surface area contributed by atoms with E-state index >= 15 is 0 Å². The van der Waals surface area contributed by atoms with Crippen molar-refractivity contribution in [3.63, 3.8) is 0 Å². The lowest BCUT2D eigenvalue weighted by Gasteiger charge is -2.44. The molecule has 0 N–H and O–H groups in total. The number of rotatable bonds is 5. The minimum Gasteiger partial charge on any atom is -0.381 e. The van der Waals surface area contributed by atoms with Gasteiger partial charge in [0.2, 0.25) is 0 Å². The summed E-state index contributed by atoms with van der Waals surface area (Å²) in [5.41, 5.74) is 0.407. The second-order valence-corrected chi connectivity index (χ2v) is 4.60. The average molecular weight is 199 g/mol. The highest BCUT2D eigenvalue weighted by molar-refractivity contribution is 4.88. The van der Waals surface area contributed by atoms with Crippen molar-refractivity contribution in [2.75, 3.05) is 26.3 Å². The summed E-state index contributed by atoms with van der Waals surface area (Å²) in [6, 6.07) is 0. The van der Waals surface area contributed by atoms with Crippen LogP contribution >= 0.6 is 0 Å². The molecular formula is C12H25NO. The van der Waals surface area contributed by atoms with E-state index in [1.807, 2.05) is 0 Å². The number of ether oxygens (including phenoxy) is 1. The zero-order valence-corrected chi connectivity index (χ0v) is 10.0. The molecule has 1 aliphatic rings. The molecule has 0 aliphatic carbocycles. The Kier molecular flexibility index (Phi) is 4.90. The normalized spacial score (nSPS) is 21.4. The maximum absolute atomic E-state index is 5.44. The van der Waals surface area contributed by atoms with E-state index in [9.17, 15) is 0 Å². The van der Waals surface area contributed by atoms with Gasteiger partial charge < -0.3 is 4.74 Å². The highest BCUT2D eigenvalue weighted by atomic mass is 16.5. The molecule has 1 aliphatic heterocycles. The first kappa shape index (κ1) is 12.0. The van der Waals surface area contributed by atoms with Crippen molar-refractivity contribution < 1.29 is 4.74 Å². The van der Waals surface area contributed by atoms with Gasteiger partial charge in [-0.25, -0.2) is 0 Å². The van der Waals surface area contributed by atoms with E-state index in [0.717, 1.165) is 13.2 Å². The Morgan fingerprint density at radius 2 is 1.57 bits per heavy atom. The van der Waals surface area contributed by atoms with Crippen molar-refractivity contribution in [2.45, 2.75) is 52.0 Å². The van der Waals surface area contributed by atoms with Crippen LogP contribution in [0.25, 0.3) is 0 Å². The zero-order chi connectivity index (χ0) is 10.4. The fourth-order valence-electron chi connectivity index (χ4n) is 2.32. The van der Waals surface area contributed by atoms with Crippen LogP contribution in [0.1, 0.15) is 46.5 Å². The lowest BCUT2D eigenvalue weighted by molar-refractivity contribution is -0.0190. The molecule has 14 heavy (non-hydrogen) atoms. The standard InChI is InChI=1S/C12H25NO/c1-4-8-13(9-5-2)12(3)6-10-14-11-7-12/h4-11H2,1-3H3. The van der Waals surface area contributed by atoms with E-state index in [2.05, 4.69) is 25.7 Å². The Morgan fingerprint density at radius 1 is 1.07 bits per heavy atom. The predicted octanol–water partition coefficient (Wildman–Crippen LogP) is 2.68. The molecule has 0 bridgehead atoms. The third kappa shape index (κ3) is 2.96. The summed E-state index contributed by atoms with van der Waals surface area (Å²) in [5.74, 6) is 0. The molecule has 1 saturated heterocycles. The molecule has 2 nitrogen and oxygen atoms in total. The zero-order valence-electron chi connectivity index (χ0n) is 10.0. The van der Waals surface area contributed by atoms with Gasteiger partial charge in [0.25, 0.3) is 0 Å². The van der Waals surface area contributed by atoms with Crippen LogP contribution < -0.4 is 0 Å². The second kappa shape index (κ2) is 5.72. The van der Waals surface area contributed by atoms with Crippen molar-refractivity contribution >= 4 is 0 Å². The number of nitrogens with zero attached hydrogens (tertiary/aromatic N) is 1. The maximum Gasteiger partial charge on any atom is 0.0483 e. The van der Waals surface area contributed by atoms with Gasteiger partial charge in [-0.05, 0) is 45.7 Å². The van der Waals surface area contributed by atoms with Crippen molar-refractivity contribution in [1.82, 2.24) is 4.90 Å².